The summed E-state index contributed by atoms with van der Waals surface area (Å²) in [6, 6.07) is 0.254. The van der Waals surface area contributed by atoms with Crippen molar-refractivity contribution in [3.63, 3.8) is 0 Å². The molecule has 0 bridgehead atoms. The molecule has 0 heterocycles. The Hall–Kier alpha value is -0.290. The lowest BCUT2D eigenvalue weighted by molar-refractivity contribution is -0.212. The molecule has 1 N–H and O–H groups in total. The van der Waals surface area contributed by atoms with Gasteiger partial charge in [0.05, 0.1) is 5.60 Å². The number of hydrogen-bond acceptors (Lipinski definition) is 2. The highest BCUT2D eigenvalue weighted by Crippen LogP contribution is 2.38. The van der Waals surface area contributed by atoms with E-state index in [9.17, 15) is 13.2 Å². The molecule has 1 rings (SSSR count). The fourth-order valence-corrected chi connectivity index (χ4v) is 2.83. The van der Waals surface area contributed by atoms with Crippen LogP contribution in [0.2, 0.25) is 0 Å². The maximum atomic E-state index is 12.4. The van der Waals surface area contributed by atoms with Gasteiger partial charge in [-0.05, 0) is 37.5 Å². The normalized spacial score (nSPS) is 28.4. The van der Waals surface area contributed by atoms with Crippen molar-refractivity contribution >= 4 is 0 Å². The summed E-state index contributed by atoms with van der Waals surface area (Å²) in [7, 11) is 0. The monoisotopic (exact) mass is 295 g/mol. The Morgan fingerprint density at radius 3 is 2.10 bits per heavy atom. The number of nitrogens with one attached hydrogen (secondary N) is 1. The van der Waals surface area contributed by atoms with Crippen molar-refractivity contribution in [2.24, 2.45) is 11.8 Å². The summed E-state index contributed by atoms with van der Waals surface area (Å²) in [6.07, 6.45) is -0.915. The first kappa shape index (κ1) is 17.8. The Morgan fingerprint density at radius 1 is 1.15 bits per heavy atom. The van der Waals surface area contributed by atoms with Crippen molar-refractivity contribution < 1.29 is 17.9 Å². The molecule has 1 aliphatic rings. The number of alkyl halides is 3. The third kappa shape index (κ3) is 6.00. The zero-order valence-corrected chi connectivity index (χ0v) is 13.0. The van der Waals surface area contributed by atoms with Gasteiger partial charge < -0.3 is 10.1 Å². The van der Waals surface area contributed by atoms with Gasteiger partial charge in [0.2, 0.25) is 0 Å². The van der Waals surface area contributed by atoms with E-state index in [0.29, 0.717) is 31.2 Å². The van der Waals surface area contributed by atoms with Crippen molar-refractivity contribution in [3.05, 3.63) is 0 Å². The van der Waals surface area contributed by atoms with Gasteiger partial charge in [0.1, 0.15) is 6.61 Å². The largest absolute Gasteiger partial charge is 0.411 e. The Labute approximate surface area is 120 Å². The van der Waals surface area contributed by atoms with E-state index in [1.165, 1.54) is 0 Å². The molecule has 20 heavy (non-hydrogen) atoms. The highest BCUT2D eigenvalue weighted by Gasteiger charge is 2.40. The van der Waals surface area contributed by atoms with Crippen LogP contribution in [0.1, 0.15) is 53.4 Å². The standard InChI is InChI=1S/C15H28F3NO/c1-11(2)13-5-7-14(8-6-13,9-19-12(3)4)20-10-15(16,17)18/h11-13,19H,5-10H2,1-4H3. The van der Waals surface area contributed by atoms with Crippen LogP contribution in [-0.4, -0.2) is 31.0 Å². The molecular weight excluding hydrogens is 267 g/mol. The number of rotatable bonds is 6. The van der Waals surface area contributed by atoms with Crippen LogP contribution in [0.4, 0.5) is 13.2 Å². The predicted molar refractivity (Wildman–Crippen MR) is 74.7 cm³/mol. The van der Waals surface area contributed by atoms with E-state index in [1.807, 2.05) is 13.8 Å². The van der Waals surface area contributed by atoms with Crippen LogP contribution in [-0.2, 0) is 4.74 Å². The zero-order valence-electron chi connectivity index (χ0n) is 13.0. The minimum Gasteiger partial charge on any atom is -0.364 e. The fourth-order valence-electron chi connectivity index (χ4n) is 2.83. The summed E-state index contributed by atoms with van der Waals surface area (Å²) in [5.41, 5.74) is -0.648. The van der Waals surface area contributed by atoms with Crippen molar-refractivity contribution in [1.29, 1.82) is 0 Å². The van der Waals surface area contributed by atoms with Crippen molar-refractivity contribution in [1.82, 2.24) is 5.32 Å². The maximum absolute atomic E-state index is 12.4. The van der Waals surface area contributed by atoms with Gasteiger partial charge in [0, 0.05) is 12.6 Å². The molecule has 1 fully saturated rings. The molecule has 0 spiro atoms. The van der Waals surface area contributed by atoms with Crippen LogP contribution in [0, 0.1) is 11.8 Å². The van der Waals surface area contributed by atoms with E-state index in [0.717, 1.165) is 12.8 Å². The minimum atomic E-state index is -4.25. The highest BCUT2D eigenvalue weighted by molar-refractivity contribution is 4.90. The molecule has 0 radical (unpaired) electrons. The lowest BCUT2D eigenvalue weighted by atomic mass is 9.74. The molecule has 0 aromatic heterocycles. The molecule has 120 valence electrons. The van der Waals surface area contributed by atoms with Crippen LogP contribution >= 0.6 is 0 Å². The van der Waals surface area contributed by atoms with Gasteiger partial charge in [-0.2, -0.15) is 13.2 Å². The van der Waals surface area contributed by atoms with E-state index in [4.69, 9.17) is 4.74 Å². The number of halogens is 3. The van der Waals surface area contributed by atoms with Crippen LogP contribution < -0.4 is 5.32 Å². The van der Waals surface area contributed by atoms with Crippen LogP contribution in [0.5, 0.6) is 0 Å². The molecule has 0 aromatic carbocycles. The Kier molecular flexibility index (Phi) is 6.32. The molecular formula is C15H28F3NO. The van der Waals surface area contributed by atoms with E-state index in [1.54, 1.807) is 0 Å². The molecule has 1 saturated carbocycles. The van der Waals surface area contributed by atoms with Crippen LogP contribution in [0.15, 0.2) is 0 Å². The smallest absolute Gasteiger partial charge is 0.364 e. The molecule has 1 aliphatic carbocycles. The fraction of sp³-hybridized carbons (Fsp3) is 1.00. The summed E-state index contributed by atoms with van der Waals surface area (Å²) in [6.45, 7) is 7.72. The Bertz CT molecular complexity index is 281. The first-order valence-electron chi connectivity index (χ1n) is 7.58. The highest BCUT2D eigenvalue weighted by atomic mass is 19.4. The molecule has 2 nitrogen and oxygen atoms in total. The SMILES string of the molecule is CC(C)NCC1(OCC(F)(F)F)CCC(C(C)C)CC1. The quantitative estimate of drug-likeness (QED) is 0.795. The van der Waals surface area contributed by atoms with Gasteiger partial charge in [0.25, 0.3) is 0 Å². The summed E-state index contributed by atoms with van der Waals surface area (Å²) < 4.78 is 42.6. The average molecular weight is 295 g/mol. The van der Waals surface area contributed by atoms with Gasteiger partial charge in [0.15, 0.2) is 0 Å². The maximum Gasteiger partial charge on any atom is 0.411 e. The van der Waals surface area contributed by atoms with Crippen LogP contribution in [0.25, 0.3) is 0 Å². The van der Waals surface area contributed by atoms with Gasteiger partial charge in [-0.15, -0.1) is 0 Å². The van der Waals surface area contributed by atoms with Gasteiger partial charge in [-0.25, -0.2) is 0 Å². The van der Waals surface area contributed by atoms with Gasteiger partial charge in [-0.3, -0.25) is 0 Å². The second-order valence-corrected chi connectivity index (χ2v) is 6.70. The minimum absolute atomic E-state index is 0.254. The third-order valence-corrected chi connectivity index (χ3v) is 4.26. The second kappa shape index (κ2) is 7.12. The Morgan fingerprint density at radius 2 is 1.70 bits per heavy atom. The van der Waals surface area contributed by atoms with Crippen molar-refractivity contribution in [3.8, 4) is 0 Å². The number of hydrogen-bond donors (Lipinski definition) is 1. The van der Waals surface area contributed by atoms with E-state index in [2.05, 4.69) is 19.2 Å². The van der Waals surface area contributed by atoms with E-state index >= 15 is 0 Å². The molecule has 0 unspecified atom stereocenters. The molecule has 0 saturated heterocycles. The lowest BCUT2D eigenvalue weighted by Crippen LogP contribution is -2.49. The van der Waals surface area contributed by atoms with E-state index in [-0.39, 0.29) is 6.04 Å². The molecule has 0 aromatic rings. The first-order chi connectivity index (χ1) is 9.14. The average Bonchev–Trinajstić information content (AvgIpc) is 2.34. The van der Waals surface area contributed by atoms with E-state index < -0.39 is 18.4 Å². The summed E-state index contributed by atoms with van der Waals surface area (Å²) >= 11 is 0. The number of ether oxygens (including phenoxy) is 1. The topological polar surface area (TPSA) is 21.3 Å². The van der Waals surface area contributed by atoms with Crippen molar-refractivity contribution in [2.75, 3.05) is 13.2 Å². The Balaban J connectivity index is 2.61. The summed E-state index contributed by atoms with van der Waals surface area (Å²) in [4.78, 5) is 0. The predicted octanol–water partition coefficient (Wildman–Crippen LogP) is 4.15. The van der Waals surface area contributed by atoms with Gasteiger partial charge >= 0.3 is 6.18 Å². The zero-order chi connectivity index (χ0) is 15.4. The molecule has 0 amide bonds. The summed E-state index contributed by atoms with van der Waals surface area (Å²) in [5, 5.41) is 3.24. The summed E-state index contributed by atoms with van der Waals surface area (Å²) in [5.74, 6) is 1.20. The molecule has 5 heteroatoms. The van der Waals surface area contributed by atoms with Crippen molar-refractivity contribution in [2.45, 2.75) is 71.2 Å². The molecule has 0 aliphatic heterocycles. The third-order valence-electron chi connectivity index (χ3n) is 4.26. The molecule has 0 atom stereocenters. The lowest BCUT2D eigenvalue weighted by Gasteiger charge is -2.42. The van der Waals surface area contributed by atoms with Crippen LogP contribution in [0.3, 0.4) is 0 Å². The van der Waals surface area contributed by atoms with Gasteiger partial charge in [-0.1, -0.05) is 27.7 Å². The second-order valence-electron chi connectivity index (χ2n) is 6.70. The first-order valence-corrected chi connectivity index (χ1v) is 7.58.